The van der Waals surface area contributed by atoms with Gasteiger partial charge in [0.15, 0.2) is 0 Å². The van der Waals surface area contributed by atoms with Crippen LogP contribution in [0.5, 0.6) is 11.5 Å². The molecule has 70 heavy (non-hydrogen) atoms. The van der Waals surface area contributed by atoms with Crippen molar-refractivity contribution in [3.63, 3.8) is 0 Å². The van der Waals surface area contributed by atoms with Gasteiger partial charge in [0.2, 0.25) is 0 Å². The Morgan fingerprint density at radius 3 is 2.00 bits per heavy atom. The molecule has 8 aromatic carbocycles. The van der Waals surface area contributed by atoms with Crippen LogP contribution in [-0.2, 0) is 10.8 Å². The Bertz CT molecular complexity index is 4040. The van der Waals surface area contributed by atoms with Crippen molar-refractivity contribution in [2.75, 3.05) is 0 Å². The summed E-state index contributed by atoms with van der Waals surface area (Å²) in [5.41, 5.74) is 11.9. The van der Waals surface area contributed by atoms with Crippen molar-refractivity contribution >= 4 is 32.8 Å². The van der Waals surface area contributed by atoms with Gasteiger partial charge in [-0.15, -0.1) is 0 Å². The van der Waals surface area contributed by atoms with Crippen LogP contribution < -0.4 is 9.30 Å². The summed E-state index contributed by atoms with van der Waals surface area (Å²) in [5.74, 6) is 1.12. The summed E-state index contributed by atoms with van der Waals surface area (Å²) < 4.78 is 66.6. The molecule has 11 aromatic rings. The molecule has 344 valence electrons. The van der Waals surface area contributed by atoms with Crippen molar-refractivity contribution in [1.29, 1.82) is 0 Å². The van der Waals surface area contributed by atoms with Crippen molar-refractivity contribution in [1.82, 2.24) is 14.1 Å². The molecule has 5 nitrogen and oxygen atoms in total. The second kappa shape index (κ2) is 17.5. The number of imidazole rings is 1. The van der Waals surface area contributed by atoms with Crippen LogP contribution in [-0.4, -0.2) is 14.1 Å². The molecule has 5 heteroatoms. The number of ether oxygens (including phenoxy) is 1. The molecule has 11 rings (SSSR count). The minimum Gasteiger partial charge on any atom is -0.458 e. The Morgan fingerprint density at radius 1 is 0.571 bits per heavy atom. The molecule has 0 radical (unpaired) electrons. The smallest absolute Gasteiger partial charge is 0.269 e. The van der Waals surface area contributed by atoms with Crippen LogP contribution in [0.3, 0.4) is 0 Å². The maximum absolute atomic E-state index is 9.34. The van der Waals surface area contributed by atoms with Crippen LogP contribution in [0.4, 0.5) is 0 Å². The van der Waals surface area contributed by atoms with Gasteiger partial charge in [-0.3, -0.25) is 13.7 Å². The van der Waals surface area contributed by atoms with Crippen molar-refractivity contribution in [3.8, 4) is 62.1 Å². The van der Waals surface area contributed by atoms with Crippen LogP contribution in [0.15, 0.2) is 200 Å². The lowest BCUT2D eigenvalue weighted by atomic mass is 9.78. The third-order valence-electron chi connectivity index (χ3n) is 13.3. The van der Waals surface area contributed by atoms with E-state index in [2.05, 4.69) is 125 Å². The zero-order chi connectivity index (χ0) is 53.6. The van der Waals surface area contributed by atoms with Gasteiger partial charge in [0.25, 0.3) is 6.33 Å². The van der Waals surface area contributed by atoms with E-state index in [4.69, 9.17) is 15.2 Å². The molecular formula is C65H58N4O. The SMILES string of the molecule is [2H]c1c([2H])c([2H])c(-c2cccc(-c3cc(C(C)(C)C)cc(C(C)(C)C)c3)c2-[n+]2[c-]n(-c3cccc(Oc4ccc5c6ccccc6n(-c6cc(C([2H])(C)C)ccn6)c5c4)c3)c3ccc(-c4ccccc4)cc32)c([2H])c1[2H]. The first-order valence-corrected chi connectivity index (χ1v) is 23.9. The fourth-order valence-electron chi connectivity index (χ4n) is 9.46. The zero-order valence-corrected chi connectivity index (χ0v) is 40.9. The van der Waals surface area contributed by atoms with Crippen molar-refractivity contribution in [2.24, 2.45) is 0 Å². The minimum atomic E-state index is -0.814. The Morgan fingerprint density at radius 2 is 1.26 bits per heavy atom. The zero-order valence-electron chi connectivity index (χ0n) is 46.9. The van der Waals surface area contributed by atoms with Gasteiger partial charge in [0, 0.05) is 24.4 Å². The van der Waals surface area contributed by atoms with Crippen molar-refractivity contribution in [3.05, 3.63) is 223 Å². The molecule has 0 atom stereocenters. The van der Waals surface area contributed by atoms with Gasteiger partial charge in [0.05, 0.1) is 40.3 Å². The molecule has 0 amide bonds. The van der Waals surface area contributed by atoms with E-state index in [9.17, 15) is 2.74 Å². The number of hydrogen-bond acceptors (Lipinski definition) is 2. The summed E-state index contributed by atoms with van der Waals surface area (Å²) in [6.07, 6.45) is 5.53. The number of pyridine rings is 1. The Balaban J connectivity index is 1.13. The van der Waals surface area contributed by atoms with E-state index in [0.29, 0.717) is 22.7 Å². The molecule has 0 N–H and O–H groups in total. The number of rotatable bonds is 9. The van der Waals surface area contributed by atoms with Crippen LogP contribution in [0.1, 0.15) is 86.2 Å². The normalized spacial score (nSPS) is 13.5. The predicted molar refractivity (Wildman–Crippen MR) is 290 cm³/mol. The second-order valence-corrected chi connectivity index (χ2v) is 20.4. The summed E-state index contributed by atoms with van der Waals surface area (Å²) in [4.78, 5) is 4.81. The first-order valence-electron chi connectivity index (χ1n) is 26.9. The molecule has 0 spiro atoms. The van der Waals surface area contributed by atoms with Gasteiger partial charge >= 0.3 is 0 Å². The van der Waals surface area contributed by atoms with E-state index in [1.807, 2.05) is 114 Å². The molecule has 0 unspecified atom stereocenters. The van der Waals surface area contributed by atoms with E-state index >= 15 is 0 Å². The standard InChI is InChI=1S/C65H58N4O/c1-43(2)46-33-34-66-62(38-46)69-58-28-16-15-25-56(58)57-31-30-53(41-60(57)69)70-52-24-17-23-51(40-52)67-42-68(61-37-47(29-32-59(61)67)44-19-11-9-12-20-44)63-54(45-21-13-10-14-22-45)26-18-27-55(63)48-35-49(64(3,4)5)39-50(36-48)65(6,7)8/h9-41,43H,1-8H3/i10D,13D,14D,21D,22D,43D. The Hall–Kier alpha value is -8.02. The summed E-state index contributed by atoms with van der Waals surface area (Å²) in [5, 5.41) is 2.12. The summed E-state index contributed by atoms with van der Waals surface area (Å²) >= 11 is 0. The van der Waals surface area contributed by atoms with Gasteiger partial charge in [-0.05, 0) is 121 Å². The quantitative estimate of drug-likeness (QED) is 0.107. The van der Waals surface area contributed by atoms with Crippen LogP contribution in [0, 0.1) is 6.33 Å². The maximum Gasteiger partial charge on any atom is 0.269 e. The van der Waals surface area contributed by atoms with E-state index in [0.717, 1.165) is 83.3 Å². The third-order valence-corrected chi connectivity index (χ3v) is 13.3. The highest BCUT2D eigenvalue weighted by Gasteiger charge is 2.25. The fraction of sp³-hybridized carbons (Fsp3) is 0.169. The predicted octanol–water partition coefficient (Wildman–Crippen LogP) is 16.7. The molecule has 0 aliphatic rings. The van der Waals surface area contributed by atoms with Crippen molar-refractivity contribution in [2.45, 2.75) is 72.1 Å². The Labute approximate surface area is 420 Å². The average Bonchev–Trinajstić information content (AvgIpc) is 3.96. The molecular weight excluding hydrogens is 853 g/mol. The van der Waals surface area contributed by atoms with Gasteiger partial charge in [-0.1, -0.05) is 189 Å². The highest BCUT2D eigenvalue weighted by Crippen LogP contribution is 2.40. The molecule has 0 saturated carbocycles. The van der Waals surface area contributed by atoms with Gasteiger partial charge in [-0.2, -0.15) is 0 Å². The number of nitrogens with zero attached hydrogens (tertiary/aromatic N) is 4. The summed E-state index contributed by atoms with van der Waals surface area (Å²) in [6, 6.07) is 53.3. The highest BCUT2D eigenvalue weighted by atomic mass is 16.5. The molecule has 0 aliphatic heterocycles. The first-order chi connectivity index (χ1) is 36.2. The number of hydrogen-bond donors (Lipinski definition) is 0. The lowest BCUT2D eigenvalue weighted by molar-refractivity contribution is -0.571. The lowest BCUT2D eigenvalue weighted by Crippen LogP contribution is -2.31. The number of para-hydroxylation sites is 2. The van der Waals surface area contributed by atoms with Crippen LogP contribution in [0.2, 0.25) is 0 Å². The Kier molecular flexibility index (Phi) is 9.47. The highest BCUT2D eigenvalue weighted by molar-refractivity contribution is 6.09. The third kappa shape index (κ3) is 8.26. The second-order valence-electron chi connectivity index (χ2n) is 20.4. The number of benzene rings is 8. The molecule has 0 bridgehead atoms. The van der Waals surface area contributed by atoms with Gasteiger partial charge < -0.3 is 4.74 Å². The largest absolute Gasteiger partial charge is 0.458 e. The topological polar surface area (TPSA) is 35.9 Å². The molecule has 0 fully saturated rings. The molecule has 0 saturated heterocycles. The average molecular weight is 917 g/mol. The maximum atomic E-state index is 9.34. The van der Waals surface area contributed by atoms with Crippen LogP contribution in [0.25, 0.3) is 83.4 Å². The monoisotopic (exact) mass is 916 g/mol. The van der Waals surface area contributed by atoms with Crippen molar-refractivity contribution < 1.29 is 17.5 Å². The minimum absolute atomic E-state index is 0.0991. The van der Waals surface area contributed by atoms with Gasteiger partial charge in [0.1, 0.15) is 17.3 Å². The summed E-state index contributed by atoms with van der Waals surface area (Å²) in [6.45, 7) is 17.0. The summed E-state index contributed by atoms with van der Waals surface area (Å²) in [7, 11) is 0. The molecule has 3 heterocycles. The first kappa shape index (κ1) is 37.9. The lowest BCUT2D eigenvalue weighted by Gasteiger charge is -2.27. The molecule has 3 aromatic heterocycles. The number of fused-ring (bicyclic) bond motifs is 4. The van der Waals surface area contributed by atoms with E-state index in [-0.39, 0.29) is 28.5 Å². The fourth-order valence-corrected chi connectivity index (χ4v) is 9.46. The number of aromatic nitrogens is 4. The van der Waals surface area contributed by atoms with E-state index in [1.54, 1.807) is 6.20 Å². The van der Waals surface area contributed by atoms with Gasteiger partial charge in [-0.25, -0.2) is 4.98 Å². The molecule has 0 aliphatic carbocycles. The van der Waals surface area contributed by atoms with Crippen LogP contribution >= 0.6 is 0 Å². The van der Waals surface area contributed by atoms with E-state index < -0.39 is 24.0 Å². The van der Waals surface area contributed by atoms with E-state index in [1.165, 1.54) is 0 Å².